The summed E-state index contributed by atoms with van der Waals surface area (Å²) in [6, 6.07) is 32.3. The Morgan fingerprint density at radius 1 is 0.718 bits per heavy atom. The molecular formula is C31H24Br4N2O2. The molecule has 0 amide bonds. The van der Waals surface area contributed by atoms with Crippen molar-refractivity contribution in [3.05, 3.63) is 137 Å². The molecule has 1 aliphatic heterocycles. The molecule has 5 rings (SSSR count). The number of carbonyl (C=O) groups excluding carboxylic acids is 1. The van der Waals surface area contributed by atoms with E-state index in [-0.39, 0.29) is 12.0 Å². The fourth-order valence-corrected chi connectivity index (χ4v) is 5.99. The smallest absolute Gasteiger partial charge is 0.337 e. The van der Waals surface area contributed by atoms with Crippen molar-refractivity contribution in [1.29, 1.82) is 0 Å². The lowest BCUT2D eigenvalue weighted by Gasteiger charge is -2.46. The van der Waals surface area contributed by atoms with Crippen LogP contribution >= 0.6 is 63.7 Å². The lowest BCUT2D eigenvalue weighted by Crippen LogP contribution is -2.41. The first kappa shape index (κ1) is 28.1. The molecule has 1 N–H and O–H groups in total. The van der Waals surface area contributed by atoms with Gasteiger partial charge in [-0.2, -0.15) is 0 Å². The van der Waals surface area contributed by atoms with Crippen LogP contribution in [0.3, 0.4) is 0 Å². The Balaban J connectivity index is 1.77. The lowest BCUT2D eigenvalue weighted by atomic mass is 9.84. The molecule has 0 spiro atoms. The molecule has 4 aromatic rings. The zero-order chi connectivity index (χ0) is 27.5. The number of carbonyl (C=O) groups is 1. The second-order valence-electron chi connectivity index (χ2n) is 9.12. The van der Waals surface area contributed by atoms with Crippen LogP contribution in [0.4, 0.5) is 11.4 Å². The van der Waals surface area contributed by atoms with Gasteiger partial charge in [0.15, 0.2) is 0 Å². The van der Waals surface area contributed by atoms with E-state index in [0.717, 1.165) is 46.1 Å². The van der Waals surface area contributed by atoms with E-state index >= 15 is 0 Å². The van der Waals surface area contributed by atoms with Gasteiger partial charge >= 0.3 is 5.97 Å². The van der Waals surface area contributed by atoms with E-state index in [4.69, 9.17) is 4.74 Å². The molecule has 2 unspecified atom stereocenters. The number of nitrogens with one attached hydrogen (secondary N) is 1. The van der Waals surface area contributed by atoms with E-state index in [9.17, 15) is 4.79 Å². The summed E-state index contributed by atoms with van der Waals surface area (Å²) in [6.07, 6.45) is 0.575. The van der Waals surface area contributed by atoms with Gasteiger partial charge in [0.05, 0.1) is 24.8 Å². The number of halogens is 4. The predicted octanol–water partition coefficient (Wildman–Crippen LogP) is 9.97. The van der Waals surface area contributed by atoms with Gasteiger partial charge in [0.25, 0.3) is 0 Å². The molecule has 8 heteroatoms. The number of rotatable bonds is 6. The van der Waals surface area contributed by atoms with Crippen LogP contribution in [0.25, 0.3) is 0 Å². The zero-order valence-electron chi connectivity index (χ0n) is 20.9. The number of hydrogen-bond donors (Lipinski definition) is 1. The molecule has 1 heterocycles. The zero-order valence-corrected chi connectivity index (χ0v) is 27.2. The van der Waals surface area contributed by atoms with Crippen molar-refractivity contribution in [2.24, 2.45) is 0 Å². The Kier molecular flexibility index (Phi) is 8.96. The van der Waals surface area contributed by atoms with Crippen molar-refractivity contribution >= 4 is 81.1 Å². The van der Waals surface area contributed by atoms with Gasteiger partial charge in [-0.25, -0.2) is 4.79 Å². The van der Waals surface area contributed by atoms with Crippen LogP contribution in [0.5, 0.6) is 0 Å². The highest BCUT2D eigenvalue weighted by Gasteiger charge is 2.41. The van der Waals surface area contributed by atoms with Crippen LogP contribution < -0.4 is 10.2 Å². The van der Waals surface area contributed by atoms with Crippen LogP contribution in [-0.4, -0.2) is 13.1 Å². The third-order valence-electron chi connectivity index (χ3n) is 6.72. The number of ether oxygens (including phenoxy) is 1. The summed E-state index contributed by atoms with van der Waals surface area (Å²) in [5.74, 6) is -0.362. The van der Waals surface area contributed by atoms with Crippen molar-refractivity contribution in [1.82, 2.24) is 0 Å². The molecule has 4 nitrogen and oxygen atoms in total. The minimum atomic E-state index is -0.410. The minimum Gasteiger partial charge on any atom is -0.466 e. The molecule has 2 atom stereocenters. The van der Waals surface area contributed by atoms with E-state index < -0.39 is 6.04 Å². The molecule has 198 valence electrons. The van der Waals surface area contributed by atoms with Gasteiger partial charge in [0.2, 0.25) is 0 Å². The van der Waals surface area contributed by atoms with Gasteiger partial charge in [0.1, 0.15) is 0 Å². The molecule has 4 aromatic carbocycles. The Morgan fingerprint density at radius 3 is 1.69 bits per heavy atom. The number of nitrogens with zero attached hydrogens (tertiary/aromatic N) is 1. The summed E-state index contributed by atoms with van der Waals surface area (Å²) in [7, 11) is 1.44. The highest BCUT2D eigenvalue weighted by atomic mass is 79.9. The lowest BCUT2D eigenvalue weighted by molar-refractivity contribution is -0.136. The van der Waals surface area contributed by atoms with Crippen molar-refractivity contribution in [2.75, 3.05) is 17.3 Å². The average Bonchev–Trinajstić information content (AvgIpc) is 2.95. The number of esters is 1. The van der Waals surface area contributed by atoms with Crippen molar-refractivity contribution in [2.45, 2.75) is 18.5 Å². The standard InChI is InChI=1S/C31H24Br4N2O2/c1-39-31(38)29-27(36-25-14-10-23(34)11-15-25)18-28(19-2-6-21(32)7-3-19)37(26-16-12-24(35)13-17-26)30(29)20-4-8-22(33)9-5-20/h2-17,28,30,36H,18H2,1H3. The molecule has 0 bridgehead atoms. The maximum absolute atomic E-state index is 13.6. The van der Waals surface area contributed by atoms with E-state index in [2.05, 4.69) is 122 Å². The van der Waals surface area contributed by atoms with Gasteiger partial charge in [-0.05, 0) is 83.9 Å². The molecule has 0 saturated heterocycles. The summed E-state index contributed by atoms with van der Waals surface area (Å²) < 4.78 is 9.38. The molecule has 0 radical (unpaired) electrons. The van der Waals surface area contributed by atoms with Crippen LogP contribution in [0.1, 0.15) is 29.6 Å². The Bertz CT molecular complexity index is 1490. The molecule has 0 aliphatic carbocycles. The summed E-state index contributed by atoms with van der Waals surface area (Å²) >= 11 is 14.2. The second-order valence-corrected chi connectivity index (χ2v) is 12.8. The largest absolute Gasteiger partial charge is 0.466 e. The van der Waals surface area contributed by atoms with Crippen molar-refractivity contribution in [3.63, 3.8) is 0 Å². The van der Waals surface area contributed by atoms with E-state index in [1.807, 2.05) is 48.5 Å². The Labute approximate surface area is 262 Å². The first-order valence-corrected chi connectivity index (χ1v) is 15.4. The monoisotopic (exact) mass is 772 g/mol. The second kappa shape index (κ2) is 12.4. The highest BCUT2D eigenvalue weighted by molar-refractivity contribution is 9.11. The molecule has 0 saturated carbocycles. The summed E-state index contributed by atoms with van der Waals surface area (Å²) in [4.78, 5) is 15.9. The molecule has 1 aliphatic rings. The van der Waals surface area contributed by atoms with Crippen LogP contribution in [0, 0.1) is 0 Å². The normalized spacial score (nSPS) is 17.2. The van der Waals surface area contributed by atoms with Gasteiger partial charge < -0.3 is 15.0 Å². The Morgan fingerprint density at radius 2 is 1.18 bits per heavy atom. The van der Waals surface area contributed by atoms with Crippen molar-refractivity contribution in [3.8, 4) is 0 Å². The van der Waals surface area contributed by atoms with Gasteiger partial charge in [0, 0.05) is 41.4 Å². The van der Waals surface area contributed by atoms with Crippen molar-refractivity contribution < 1.29 is 9.53 Å². The number of anilines is 2. The average molecular weight is 776 g/mol. The van der Waals surface area contributed by atoms with E-state index in [0.29, 0.717) is 12.0 Å². The number of benzene rings is 4. The van der Waals surface area contributed by atoms with E-state index in [1.165, 1.54) is 7.11 Å². The molecular weight excluding hydrogens is 752 g/mol. The summed E-state index contributed by atoms with van der Waals surface area (Å²) in [5, 5.41) is 3.58. The maximum atomic E-state index is 13.6. The number of methoxy groups -OCH3 is 1. The van der Waals surface area contributed by atoms with E-state index in [1.54, 1.807) is 0 Å². The SMILES string of the molecule is COC(=O)C1=C(Nc2ccc(Br)cc2)CC(c2ccc(Br)cc2)N(c2ccc(Br)cc2)C1c1ccc(Br)cc1. The first-order valence-electron chi connectivity index (χ1n) is 12.2. The van der Waals surface area contributed by atoms with Crippen LogP contribution in [0.15, 0.2) is 126 Å². The van der Waals surface area contributed by atoms with Gasteiger partial charge in [-0.1, -0.05) is 88.0 Å². The van der Waals surface area contributed by atoms with Gasteiger partial charge in [-0.3, -0.25) is 0 Å². The summed E-state index contributed by atoms with van der Waals surface area (Å²) in [5.41, 5.74) is 5.44. The first-order chi connectivity index (χ1) is 18.8. The Hall–Kier alpha value is -2.39. The molecule has 0 aromatic heterocycles. The van der Waals surface area contributed by atoms with Crippen LogP contribution in [-0.2, 0) is 9.53 Å². The third kappa shape index (κ3) is 6.35. The fraction of sp³-hybridized carbons (Fsp3) is 0.129. The quantitative estimate of drug-likeness (QED) is 0.198. The minimum absolute atomic E-state index is 0.0701. The van der Waals surface area contributed by atoms with Crippen LogP contribution in [0.2, 0.25) is 0 Å². The summed E-state index contributed by atoms with van der Waals surface area (Å²) in [6.45, 7) is 0. The topological polar surface area (TPSA) is 41.6 Å². The molecule has 0 fully saturated rings. The maximum Gasteiger partial charge on any atom is 0.337 e. The predicted molar refractivity (Wildman–Crippen MR) is 172 cm³/mol. The van der Waals surface area contributed by atoms with Gasteiger partial charge in [-0.15, -0.1) is 0 Å². The third-order valence-corrected chi connectivity index (χ3v) is 8.83. The molecule has 39 heavy (non-hydrogen) atoms. The fourth-order valence-electron chi connectivity index (χ4n) is 4.93. The number of hydrogen-bond acceptors (Lipinski definition) is 4. The highest BCUT2D eigenvalue weighted by Crippen LogP contribution is 2.48.